The van der Waals surface area contributed by atoms with Crippen molar-refractivity contribution in [3.8, 4) is 0 Å². The number of hydrogen-bond donors (Lipinski definition) is 5. The first-order valence-corrected chi connectivity index (χ1v) is 9.90. The molecule has 1 aliphatic rings. The Morgan fingerprint density at radius 3 is 2.54 bits per heavy atom. The molecule has 0 aromatic carbocycles. The van der Waals surface area contributed by atoms with E-state index in [1.165, 1.54) is 28.2 Å². The lowest BCUT2D eigenvalue weighted by Crippen LogP contribution is -2.33. The third kappa shape index (κ3) is 3.00. The number of amidine groups is 1. The van der Waals surface area contributed by atoms with Gasteiger partial charge in [-0.3, -0.25) is 0 Å². The minimum Gasteiger partial charge on any atom is -0.409 e. The number of hydrogen-bond acceptors (Lipinski definition) is 11. The Kier molecular flexibility index (Phi) is 5.55. The van der Waals surface area contributed by atoms with Crippen LogP contribution in [-0.4, -0.2) is 83.5 Å². The van der Waals surface area contributed by atoms with Crippen LogP contribution < -0.4 is 5.73 Å². The maximum Gasteiger partial charge on any atom is 0.191 e. The maximum absolute atomic E-state index is 10.3. The number of oxime groups is 1. The van der Waals surface area contributed by atoms with E-state index in [1.807, 2.05) is 12.5 Å². The lowest BCUT2D eigenvalue weighted by atomic mass is 10.1. The van der Waals surface area contributed by atoms with Crippen LogP contribution in [0.25, 0.3) is 11.0 Å². The number of fused-ring (bicyclic) bond motifs is 1. The Morgan fingerprint density at radius 2 is 2.00 bits per heavy atom. The van der Waals surface area contributed by atoms with Crippen LogP contribution in [0.2, 0.25) is 0 Å². The van der Waals surface area contributed by atoms with E-state index in [9.17, 15) is 15.3 Å². The second-order valence-corrected chi connectivity index (χ2v) is 6.99. The molecule has 1 aliphatic heterocycles. The SMILES string of the molecule is CSc1nc(SC)c2c(/C(N)=N/O)nn([C@@H]3O[C@H](CO)[C@@H](O)[C@H]3O)c2n1. The number of aliphatic hydroxyl groups excluding tert-OH is 3. The molecule has 0 amide bonds. The molecule has 0 radical (unpaired) electrons. The molecule has 0 unspecified atom stereocenters. The Labute approximate surface area is 156 Å². The van der Waals surface area contributed by atoms with E-state index in [0.29, 0.717) is 21.2 Å². The van der Waals surface area contributed by atoms with Gasteiger partial charge in [-0.2, -0.15) is 5.10 Å². The number of rotatable bonds is 5. The van der Waals surface area contributed by atoms with Gasteiger partial charge in [0.1, 0.15) is 29.0 Å². The number of aliphatic hydroxyl groups is 3. The normalized spacial score (nSPS) is 26.7. The summed E-state index contributed by atoms with van der Waals surface area (Å²) in [6.45, 7) is -0.470. The fourth-order valence-electron chi connectivity index (χ4n) is 2.71. The van der Waals surface area contributed by atoms with Gasteiger partial charge in [-0.15, -0.1) is 11.8 Å². The zero-order valence-corrected chi connectivity index (χ0v) is 15.5. The molecule has 3 heterocycles. The van der Waals surface area contributed by atoms with Gasteiger partial charge >= 0.3 is 0 Å². The van der Waals surface area contributed by atoms with Crippen molar-refractivity contribution in [2.75, 3.05) is 19.1 Å². The molecule has 1 fully saturated rings. The van der Waals surface area contributed by atoms with Gasteiger partial charge in [0, 0.05) is 0 Å². The van der Waals surface area contributed by atoms with Crippen molar-refractivity contribution in [3.63, 3.8) is 0 Å². The number of nitrogens with two attached hydrogens (primary N) is 1. The number of ether oxygens (including phenoxy) is 1. The zero-order chi connectivity index (χ0) is 19.0. The molecule has 4 atom stereocenters. The van der Waals surface area contributed by atoms with E-state index in [2.05, 4.69) is 20.2 Å². The van der Waals surface area contributed by atoms with Crippen LogP contribution >= 0.6 is 23.5 Å². The van der Waals surface area contributed by atoms with Gasteiger partial charge in [-0.05, 0) is 12.5 Å². The third-order valence-electron chi connectivity index (χ3n) is 3.98. The van der Waals surface area contributed by atoms with Crippen LogP contribution in [0.3, 0.4) is 0 Å². The molecule has 0 saturated carbocycles. The molecule has 11 nitrogen and oxygen atoms in total. The Balaban J connectivity index is 2.26. The number of thioether (sulfide) groups is 2. The Bertz CT molecular complexity index is 846. The minimum absolute atomic E-state index is 0.122. The largest absolute Gasteiger partial charge is 0.409 e. The van der Waals surface area contributed by atoms with Crippen LogP contribution in [0, 0.1) is 0 Å². The van der Waals surface area contributed by atoms with E-state index < -0.39 is 31.1 Å². The summed E-state index contributed by atoms with van der Waals surface area (Å²) in [5.74, 6) is -0.253. The van der Waals surface area contributed by atoms with Crippen LogP contribution in [0.5, 0.6) is 0 Å². The van der Waals surface area contributed by atoms with Crippen molar-refractivity contribution in [3.05, 3.63) is 5.69 Å². The van der Waals surface area contributed by atoms with E-state index in [0.717, 1.165) is 0 Å². The highest BCUT2D eigenvalue weighted by atomic mass is 32.2. The first-order chi connectivity index (χ1) is 12.5. The summed E-state index contributed by atoms with van der Waals surface area (Å²) in [7, 11) is 0. The van der Waals surface area contributed by atoms with Gasteiger partial charge in [0.05, 0.1) is 12.0 Å². The molecule has 2 aromatic heterocycles. The van der Waals surface area contributed by atoms with Gasteiger partial charge in [-0.1, -0.05) is 16.9 Å². The predicted molar refractivity (Wildman–Crippen MR) is 94.4 cm³/mol. The summed E-state index contributed by atoms with van der Waals surface area (Å²) in [6.07, 6.45) is -1.10. The van der Waals surface area contributed by atoms with Crippen molar-refractivity contribution in [2.45, 2.75) is 34.7 Å². The fraction of sp³-hybridized carbons (Fsp3) is 0.538. The highest BCUT2D eigenvalue weighted by Gasteiger charge is 2.45. The lowest BCUT2D eigenvalue weighted by molar-refractivity contribution is -0.0567. The zero-order valence-electron chi connectivity index (χ0n) is 13.8. The van der Waals surface area contributed by atoms with Crippen molar-refractivity contribution in [2.24, 2.45) is 10.9 Å². The second kappa shape index (κ2) is 7.54. The summed E-state index contributed by atoms with van der Waals surface area (Å²) < 4.78 is 6.79. The molecule has 1 saturated heterocycles. The Morgan fingerprint density at radius 1 is 1.27 bits per heavy atom. The molecule has 2 aromatic rings. The standard InChI is InChI=1S/C13H18N6O5S2/c1-25-11-5-6(9(14)18-23)17-19(10(5)15-13(16-11)26-2)12-8(22)7(21)4(3-20)24-12/h4,7-8,12,20-23H,3H2,1-2H3,(H2,14,18)/t4-,7-,8-,12-/m1/s1. The van der Waals surface area contributed by atoms with Gasteiger partial charge < -0.3 is 31.0 Å². The van der Waals surface area contributed by atoms with Crippen LogP contribution in [0.4, 0.5) is 0 Å². The smallest absolute Gasteiger partial charge is 0.191 e. The highest BCUT2D eigenvalue weighted by molar-refractivity contribution is 7.99. The summed E-state index contributed by atoms with van der Waals surface area (Å²) in [4.78, 5) is 8.80. The van der Waals surface area contributed by atoms with Gasteiger partial charge in [-0.25, -0.2) is 14.6 Å². The van der Waals surface area contributed by atoms with Crippen molar-refractivity contribution in [1.29, 1.82) is 0 Å². The maximum atomic E-state index is 10.3. The first kappa shape index (κ1) is 19.1. The van der Waals surface area contributed by atoms with Crippen LogP contribution in [0.1, 0.15) is 11.9 Å². The highest BCUT2D eigenvalue weighted by Crippen LogP contribution is 2.35. The first-order valence-electron chi connectivity index (χ1n) is 7.45. The van der Waals surface area contributed by atoms with E-state index in [1.54, 1.807) is 0 Å². The van der Waals surface area contributed by atoms with E-state index >= 15 is 0 Å². The molecule has 0 bridgehead atoms. The summed E-state index contributed by atoms with van der Waals surface area (Å²) in [5, 5.41) is 47.4. The Hall–Kier alpha value is -1.64. The molecule has 3 rings (SSSR count). The quantitative estimate of drug-likeness (QED) is 0.0787. The molecular formula is C13H18N6O5S2. The monoisotopic (exact) mass is 402 g/mol. The van der Waals surface area contributed by atoms with Crippen LogP contribution in [-0.2, 0) is 4.74 Å². The minimum atomic E-state index is -1.35. The van der Waals surface area contributed by atoms with E-state index in [4.69, 9.17) is 15.7 Å². The molecule has 0 aliphatic carbocycles. The van der Waals surface area contributed by atoms with Crippen molar-refractivity contribution < 1.29 is 25.3 Å². The summed E-state index contributed by atoms with van der Waals surface area (Å²) in [5.41, 5.74) is 6.16. The average molecular weight is 402 g/mol. The lowest BCUT2D eigenvalue weighted by Gasteiger charge is -2.15. The third-order valence-corrected chi connectivity index (χ3v) is 5.21. The summed E-state index contributed by atoms with van der Waals surface area (Å²) in [6, 6.07) is 0. The van der Waals surface area contributed by atoms with Crippen molar-refractivity contribution in [1.82, 2.24) is 19.7 Å². The van der Waals surface area contributed by atoms with Gasteiger partial charge in [0.2, 0.25) is 0 Å². The number of aromatic nitrogens is 4. The van der Waals surface area contributed by atoms with Crippen molar-refractivity contribution >= 4 is 40.4 Å². The van der Waals surface area contributed by atoms with Crippen LogP contribution in [0.15, 0.2) is 15.3 Å². The summed E-state index contributed by atoms with van der Waals surface area (Å²) >= 11 is 2.64. The molecule has 13 heteroatoms. The van der Waals surface area contributed by atoms with Gasteiger partial charge in [0.15, 0.2) is 22.9 Å². The number of nitrogens with zero attached hydrogens (tertiary/aromatic N) is 5. The molecule has 0 spiro atoms. The van der Waals surface area contributed by atoms with E-state index in [-0.39, 0.29) is 11.5 Å². The molecule has 6 N–H and O–H groups in total. The fourth-order valence-corrected chi connectivity index (χ4v) is 3.70. The van der Waals surface area contributed by atoms with Gasteiger partial charge in [0.25, 0.3) is 0 Å². The molecule has 26 heavy (non-hydrogen) atoms. The second-order valence-electron chi connectivity index (χ2n) is 5.43. The topological polar surface area (TPSA) is 172 Å². The average Bonchev–Trinajstić information content (AvgIpc) is 3.18. The predicted octanol–water partition coefficient (Wildman–Crippen LogP) is -1.02. The molecular weight excluding hydrogens is 384 g/mol. The molecule has 142 valence electrons.